The summed E-state index contributed by atoms with van der Waals surface area (Å²) in [6.45, 7) is 8.43. The van der Waals surface area contributed by atoms with E-state index in [1.807, 2.05) is 19.1 Å². The summed E-state index contributed by atoms with van der Waals surface area (Å²) in [5.74, 6) is 0.00576. The molecule has 21 heavy (non-hydrogen) atoms. The van der Waals surface area contributed by atoms with Gasteiger partial charge in [-0.15, -0.1) is 12.4 Å². The summed E-state index contributed by atoms with van der Waals surface area (Å²) < 4.78 is 0. The molecule has 0 aliphatic carbocycles. The van der Waals surface area contributed by atoms with Crippen molar-refractivity contribution in [1.29, 1.82) is 0 Å². The molecule has 1 aromatic rings. The van der Waals surface area contributed by atoms with E-state index in [9.17, 15) is 4.79 Å². The van der Waals surface area contributed by atoms with Crippen LogP contribution in [-0.4, -0.2) is 42.5 Å². The molecule has 2 atom stereocenters. The Morgan fingerprint density at radius 1 is 1.38 bits per heavy atom. The smallest absolute Gasteiger partial charge is 0.238 e. The number of carbonyl (C=O) groups is 1. The van der Waals surface area contributed by atoms with E-state index < -0.39 is 0 Å². The second-order valence-electron chi connectivity index (χ2n) is 5.67. The molecule has 118 valence electrons. The third-order valence-electron chi connectivity index (χ3n) is 3.46. The quantitative estimate of drug-likeness (QED) is 0.895. The highest BCUT2D eigenvalue weighted by atomic mass is 35.5. The summed E-state index contributed by atoms with van der Waals surface area (Å²) in [5, 5.41) is 7.03. The third-order valence-corrected chi connectivity index (χ3v) is 3.86. The molecule has 6 heteroatoms. The minimum Gasteiger partial charge on any atom is -0.325 e. The maximum Gasteiger partial charge on any atom is 0.238 e. The lowest BCUT2D eigenvalue weighted by atomic mass is 10.1. The van der Waals surface area contributed by atoms with Gasteiger partial charge in [-0.3, -0.25) is 9.69 Å². The molecule has 1 aliphatic rings. The predicted octanol–water partition coefficient (Wildman–Crippen LogP) is 2.69. The number of amides is 1. The zero-order valence-corrected chi connectivity index (χ0v) is 14.2. The van der Waals surface area contributed by atoms with Crippen LogP contribution in [0.5, 0.6) is 0 Å². The van der Waals surface area contributed by atoms with Gasteiger partial charge in [0.05, 0.1) is 6.54 Å². The maximum atomic E-state index is 12.1. The molecule has 1 aliphatic heterocycles. The zero-order valence-electron chi connectivity index (χ0n) is 12.6. The molecular weight excluding hydrogens is 309 g/mol. The van der Waals surface area contributed by atoms with Crippen molar-refractivity contribution in [3.8, 4) is 0 Å². The fourth-order valence-corrected chi connectivity index (χ4v) is 2.82. The van der Waals surface area contributed by atoms with E-state index in [-0.39, 0.29) is 18.3 Å². The molecule has 1 aromatic carbocycles. The van der Waals surface area contributed by atoms with Crippen LogP contribution in [0.3, 0.4) is 0 Å². The number of hydrogen-bond donors (Lipinski definition) is 2. The Kier molecular flexibility index (Phi) is 6.94. The summed E-state index contributed by atoms with van der Waals surface area (Å²) in [6.07, 6.45) is 0. The molecule has 0 bridgehead atoms. The molecule has 1 fully saturated rings. The number of nitrogens with zero attached hydrogens (tertiary/aromatic N) is 1. The summed E-state index contributed by atoms with van der Waals surface area (Å²) >= 11 is 6.06. The number of hydrogen-bond acceptors (Lipinski definition) is 3. The van der Waals surface area contributed by atoms with Crippen molar-refractivity contribution < 1.29 is 4.79 Å². The van der Waals surface area contributed by atoms with E-state index in [1.54, 1.807) is 6.07 Å². The number of carbonyl (C=O) groups excluding carboxylic acids is 1. The van der Waals surface area contributed by atoms with Crippen LogP contribution >= 0.6 is 24.0 Å². The molecule has 1 heterocycles. The molecule has 0 saturated carbocycles. The van der Waals surface area contributed by atoms with Crippen molar-refractivity contribution in [1.82, 2.24) is 10.2 Å². The molecule has 0 aromatic heterocycles. The highest BCUT2D eigenvalue weighted by Crippen LogP contribution is 2.19. The van der Waals surface area contributed by atoms with Gasteiger partial charge in [0.1, 0.15) is 0 Å². The Bertz CT molecular complexity index is 486. The first-order valence-corrected chi connectivity index (χ1v) is 7.36. The van der Waals surface area contributed by atoms with Gasteiger partial charge in [-0.25, -0.2) is 0 Å². The monoisotopic (exact) mass is 331 g/mol. The molecule has 2 N–H and O–H groups in total. The minimum absolute atomic E-state index is 0. The molecule has 0 radical (unpaired) electrons. The highest BCUT2D eigenvalue weighted by Gasteiger charge is 2.22. The number of rotatable bonds is 3. The van der Waals surface area contributed by atoms with Gasteiger partial charge in [0, 0.05) is 35.9 Å². The molecular formula is C15H23Cl2N3O. The van der Waals surface area contributed by atoms with Gasteiger partial charge in [0.2, 0.25) is 5.91 Å². The average molecular weight is 332 g/mol. The Balaban J connectivity index is 0.00000220. The van der Waals surface area contributed by atoms with Gasteiger partial charge in [-0.2, -0.15) is 0 Å². The molecule has 2 unspecified atom stereocenters. The van der Waals surface area contributed by atoms with Crippen molar-refractivity contribution in [2.75, 3.05) is 25.0 Å². The zero-order chi connectivity index (χ0) is 14.7. The lowest BCUT2D eigenvalue weighted by Gasteiger charge is -2.35. The number of benzene rings is 1. The van der Waals surface area contributed by atoms with Crippen molar-refractivity contribution in [2.45, 2.75) is 32.9 Å². The number of halogens is 2. The van der Waals surface area contributed by atoms with Crippen LogP contribution < -0.4 is 10.6 Å². The van der Waals surface area contributed by atoms with Crippen LogP contribution in [0.2, 0.25) is 5.02 Å². The van der Waals surface area contributed by atoms with E-state index >= 15 is 0 Å². The first kappa shape index (κ1) is 18.2. The fraction of sp³-hybridized carbons (Fsp3) is 0.533. The molecule has 1 saturated heterocycles. The first-order valence-electron chi connectivity index (χ1n) is 6.98. The lowest BCUT2D eigenvalue weighted by molar-refractivity contribution is -0.117. The Morgan fingerprint density at radius 2 is 2.00 bits per heavy atom. The van der Waals surface area contributed by atoms with Crippen LogP contribution in [0.4, 0.5) is 5.69 Å². The van der Waals surface area contributed by atoms with Gasteiger partial charge in [-0.05, 0) is 38.5 Å². The van der Waals surface area contributed by atoms with E-state index in [4.69, 9.17) is 11.6 Å². The predicted molar refractivity (Wildman–Crippen MR) is 90.6 cm³/mol. The molecule has 1 amide bonds. The molecule has 4 nitrogen and oxygen atoms in total. The maximum absolute atomic E-state index is 12.1. The van der Waals surface area contributed by atoms with E-state index in [0.717, 1.165) is 24.3 Å². The van der Waals surface area contributed by atoms with E-state index in [1.165, 1.54) is 0 Å². The summed E-state index contributed by atoms with van der Waals surface area (Å²) in [5.41, 5.74) is 1.76. The Hall–Kier alpha value is -0.810. The standard InChI is InChI=1S/C15H22ClN3O.ClH/c1-10-4-5-13(6-14(10)16)18-15(20)9-19-7-11(2)17-12(3)8-19;/h4-6,11-12,17H,7-9H2,1-3H3,(H,18,20);1H. The van der Waals surface area contributed by atoms with Crippen molar-refractivity contribution in [3.63, 3.8) is 0 Å². The first-order chi connectivity index (χ1) is 9.44. The minimum atomic E-state index is 0. The number of nitrogens with one attached hydrogen (secondary N) is 2. The second kappa shape index (κ2) is 7.99. The molecule has 2 rings (SSSR count). The Labute approximate surface area is 137 Å². The SMILES string of the molecule is Cc1ccc(NC(=O)CN2CC(C)NC(C)C2)cc1Cl.Cl. The van der Waals surface area contributed by atoms with E-state index in [0.29, 0.717) is 23.7 Å². The largest absolute Gasteiger partial charge is 0.325 e. The summed E-state index contributed by atoms with van der Waals surface area (Å²) in [7, 11) is 0. The van der Waals surface area contributed by atoms with Gasteiger partial charge in [0.25, 0.3) is 0 Å². The van der Waals surface area contributed by atoms with Crippen molar-refractivity contribution >= 4 is 35.6 Å². The van der Waals surface area contributed by atoms with Crippen LogP contribution in [-0.2, 0) is 4.79 Å². The fourth-order valence-electron chi connectivity index (χ4n) is 2.64. The number of piperazine rings is 1. The third kappa shape index (κ3) is 5.47. The summed E-state index contributed by atoms with van der Waals surface area (Å²) in [6, 6.07) is 6.41. The highest BCUT2D eigenvalue weighted by molar-refractivity contribution is 6.31. The van der Waals surface area contributed by atoms with Crippen LogP contribution in [0.15, 0.2) is 18.2 Å². The van der Waals surface area contributed by atoms with Crippen LogP contribution in [0.25, 0.3) is 0 Å². The Morgan fingerprint density at radius 3 is 2.57 bits per heavy atom. The van der Waals surface area contributed by atoms with E-state index in [2.05, 4.69) is 29.4 Å². The normalized spacial score (nSPS) is 22.5. The van der Waals surface area contributed by atoms with Gasteiger partial charge in [-0.1, -0.05) is 17.7 Å². The van der Waals surface area contributed by atoms with Gasteiger partial charge in [0.15, 0.2) is 0 Å². The topological polar surface area (TPSA) is 44.4 Å². The lowest BCUT2D eigenvalue weighted by Crippen LogP contribution is -2.55. The molecule has 0 spiro atoms. The number of aryl methyl sites for hydroxylation is 1. The van der Waals surface area contributed by atoms with Crippen molar-refractivity contribution in [3.05, 3.63) is 28.8 Å². The number of anilines is 1. The van der Waals surface area contributed by atoms with Crippen LogP contribution in [0.1, 0.15) is 19.4 Å². The van der Waals surface area contributed by atoms with Gasteiger partial charge >= 0.3 is 0 Å². The second-order valence-corrected chi connectivity index (χ2v) is 6.08. The summed E-state index contributed by atoms with van der Waals surface area (Å²) in [4.78, 5) is 14.3. The average Bonchev–Trinajstić information content (AvgIpc) is 2.32. The van der Waals surface area contributed by atoms with Crippen LogP contribution in [0, 0.1) is 6.92 Å². The van der Waals surface area contributed by atoms with Gasteiger partial charge < -0.3 is 10.6 Å². The van der Waals surface area contributed by atoms with Crippen molar-refractivity contribution in [2.24, 2.45) is 0 Å².